The Morgan fingerprint density at radius 2 is 2.06 bits per heavy atom. The van der Waals surface area contributed by atoms with E-state index in [1.165, 1.54) is 0 Å². The molecule has 0 bridgehead atoms. The molecule has 1 aliphatic rings. The van der Waals surface area contributed by atoms with Crippen LogP contribution in [0, 0.1) is 5.92 Å². The summed E-state index contributed by atoms with van der Waals surface area (Å²) in [4.78, 5) is 24.0. The summed E-state index contributed by atoms with van der Waals surface area (Å²) in [6.07, 6.45) is -0.166. The molecule has 5 heteroatoms. The molecule has 0 aliphatic heterocycles. The Bertz CT molecular complexity index is 421. The van der Waals surface area contributed by atoms with Gasteiger partial charge in [0.25, 0.3) is 0 Å². The molecule has 2 atom stereocenters. The number of rotatable bonds is 3. The Hall–Kier alpha value is -1.33. The van der Waals surface area contributed by atoms with Crippen LogP contribution in [0.2, 0.25) is 0 Å². The summed E-state index contributed by atoms with van der Waals surface area (Å²) in [7, 11) is 0. The Morgan fingerprint density at radius 3 is 2.65 bits per heavy atom. The molecule has 1 amide bonds. The predicted molar refractivity (Wildman–Crippen MR) is 64.2 cm³/mol. The van der Waals surface area contributed by atoms with Crippen LogP contribution in [0.5, 0.6) is 0 Å². The number of carbonyl (C=O) groups excluding carboxylic acids is 2. The molecule has 1 aromatic carbocycles. The van der Waals surface area contributed by atoms with Crippen molar-refractivity contribution in [3.05, 3.63) is 30.3 Å². The second kappa shape index (κ2) is 5.33. The Morgan fingerprint density at radius 1 is 1.35 bits per heavy atom. The normalized spacial score (nSPS) is 23.7. The van der Waals surface area contributed by atoms with E-state index < -0.39 is 17.9 Å². The second-order valence-corrected chi connectivity index (χ2v) is 4.81. The second-order valence-electron chi connectivity index (χ2n) is 3.93. The fourth-order valence-corrected chi connectivity index (χ4v) is 2.45. The van der Waals surface area contributed by atoms with E-state index in [9.17, 15) is 14.7 Å². The van der Waals surface area contributed by atoms with E-state index in [-0.39, 0.29) is 12.2 Å². The minimum absolute atomic E-state index is 0.177. The molecule has 0 radical (unpaired) electrons. The molecule has 0 heterocycles. The molecule has 0 aromatic heterocycles. The summed E-state index contributed by atoms with van der Waals surface area (Å²) >= 11 is 1.16. The van der Waals surface area contributed by atoms with Gasteiger partial charge in [-0.15, -0.1) is 0 Å². The van der Waals surface area contributed by atoms with Crippen LogP contribution in [0.3, 0.4) is 0 Å². The molecule has 17 heavy (non-hydrogen) atoms. The van der Waals surface area contributed by atoms with Gasteiger partial charge in [0.2, 0.25) is 5.91 Å². The van der Waals surface area contributed by atoms with Crippen molar-refractivity contribution in [1.82, 2.24) is 4.72 Å². The van der Waals surface area contributed by atoms with E-state index in [1.54, 1.807) is 0 Å². The Labute approximate surface area is 104 Å². The van der Waals surface area contributed by atoms with E-state index in [4.69, 9.17) is 0 Å². The molecule has 1 aromatic rings. The highest BCUT2D eigenvalue weighted by Crippen LogP contribution is 2.23. The van der Waals surface area contributed by atoms with E-state index in [0.29, 0.717) is 6.42 Å². The van der Waals surface area contributed by atoms with Crippen LogP contribution in [0.15, 0.2) is 35.2 Å². The van der Waals surface area contributed by atoms with Gasteiger partial charge in [0.1, 0.15) is 11.7 Å². The van der Waals surface area contributed by atoms with Crippen molar-refractivity contribution in [3.8, 4) is 0 Å². The maximum Gasteiger partial charge on any atom is 0.243 e. The average molecular weight is 251 g/mol. The fourth-order valence-electron chi connectivity index (χ4n) is 1.81. The maximum absolute atomic E-state index is 11.7. The highest BCUT2D eigenvalue weighted by Gasteiger charge is 2.38. The van der Waals surface area contributed by atoms with Crippen LogP contribution in [0.4, 0.5) is 0 Å². The van der Waals surface area contributed by atoms with Gasteiger partial charge in [-0.1, -0.05) is 18.2 Å². The summed E-state index contributed by atoms with van der Waals surface area (Å²) in [5, 5.41) is 9.54. The number of ketones is 1. The van der Waals surface area contributed by atoms with Crippen LogP contribution in [0.1, 0.15) is 12.8 Å². The molecule has 0 spiro atoms. The van der Waals surface area contributed by atoms with Crippen LogP contribution in [0.25, 0.3) is 0 Å². The van der Waals surface area contributed by atoms with Gasteiger partial charge >= 0.3 is 0 Å². The van der Waals surface area contributed by atoms with Crippen molar-refractivity contribution in [2.75, 3.05) is 0 Å². The van der Waals surface area contributed by atoms with Crippen molar-refractivity contribution < 1.29 is 14.7 Å². The molecular formula is C12H13NO3S. The first-order valence-electron chi connectivity index (χ1n) is 5.41. The van der Waals surface area contributed by atoms with E-state index >= 15 is 0 Å². The molecule has 1 saturated carbocycles. The minimum Gasteiger partial charge on any atom is -0.392 e. The zero-order valence-electron chi connectivity index (χ0n) is 9.13. The molecular weight excluding hydrogens is 238 g/mol. The lowest BCUT2D eigenvalue weighted by atomic mass is 10.1. The number of nitrogens with one attached hydrogen (secondary N) is 1. The summed E-state index contributed by atoms with van der Waals surface area (Å²) in [5.41, 5.74) is 0. The van der Waals surface area contributed by atoms with E-state index in [2.05, 4.69) is 4.72 Å². The van der Waals surface area contributed by atoms with Crippen molar-refractivity contribution >= 4 is 23.6 Å². The minimum atomic E-state index is -0.897. The summed E-state index contributed by atoms with van der Waals surface area (Å²) < 4.78 is 2.60. The average Bonchev–Trinajstić information content (AvgIpc) is 2.67. The predicted octanol–water partition coefficient (Wildman–Crippen LogP) is 1.15. The third-order valence-electron chi connectivity index (χ3n) is 2.71. The highest BCUT2D eigenvalue weighted by atomic mass is 32.2. The number of carbonyl (C=O) groups is 2. The number of hydrogen-bond acceptors (Lipinski definition) is 4. The molecule has 2 unspecified atom stereocenters. The Kier molecular flexibility index (Phi) is 3.81. The topological polar surface area (TPSA) is 66.4 Å². The summed E-state index contributed by atoms with van der Waals surface area (Å²) in [5.74, 6) is -1.48. The lowest BCUT2D eigenvalue weighted by Gasteiger charge is -2.12. The van der Waals surface area contributed by atoms with Gasteiger partial charge < -0.3 is 5.11 Å². The molecule has 0 saturated heterocycles. The smallest absolute Gasteiger partial charge is 0.243 e. The highest BCUT2D eigenvalue weighted by molar-refractivity contribution is 7.98. The number of amides is 1. The standard InChI is InChI=1S/C12H13NO3S/c14-9-6-7-10(15)11(9)12(16)13-17-8-4-2-1-3-5-8/h1-5,9,11,14H,6-7H2,(H,13,16). The molecule has 2 N–H and O–H groups in total. The van der Waals surface area contributed by atoms with E-state index in [0.717, 1.165) is 16.8 Å². The monoisotopic (exact) mass is 251 g/mol. The van der Waals surface area contributed by atoms with E-state index in [1.807, 2.05) is 30.3 Å². The third-order valence-corrected chi connectivity index (χ3v) is 3.52. The van der Waals surface area contributed by atoms with Crippen LogP contribution in [-0.2, 0) is 9.59 Å². The number of benzene rings is 1. The van der Waals surface area contributed by atoms with Crippen LogP contribution in [-0.4, -0.2) is 22.9 Å². The summed E-state index contributed by atoms with van der Waals surface area (Å²) in [6.45, 7) is 0. The maximum atomic E-state index is 11.7. The van der Waals surface area contributed by atoms with Gasteiger partial charge in [-0.2, -0.15) is 0 Å². The fraction of sp³-hybridized carbons (Fsp3) is 0.333. The SMILES string of the molecule is O=C1CCC(O)C1C(=O)NSc1ccccc1. The first-order chi connectivity index (χ1) is 8.18. The van der Waals surface area contributed by atoms with Gasteiger partial charge in [-0.3, -0.25) is 14.3 Å². The van der Waals surface area contributed by atoms with Gasteiger partial charge in [-0.25, -0.2) is 0 Å². The van der Waals surface area contributed by atoms with Gasteiger partial charge in [0.15, 0.2) is 0 Å². The van der Waals surface area contributed by atoms with Gasteiger partial charge in [0.05, 0.1) is 6.10 Å². The van der Waals surface area contributed by atoms with Crippen molar-refractivity contribution in [2.45, 2.75) is 23.8 Å². The molecule has 1 fully saturated rings. The van der Waals surface area contributed by atoms with Crippen molar-refractivity contribution in [1.29, 1.82) is 0 Å². The zero-order chi connectivity index (χ0) is 12.3. The van der Waals surface area contributed by atoms with Crippen LogP contribution >= 0.6 is 11.9 Å². The first-order valence-corrected chi connectivity index (χ1v) is 6.22. The zero-order valence-corrected chi connectivity index (χ0v) is 9.94. The van der Waals surface area contributed by atoms with Gasteiger partial charge in [0, 0.05) is 11.3 Å². The van der Waals surface area contributed by atoms with Gasteiger partial charge in [-0.05, 0) is 30.5 Å². The molecule has 2 rings (SSSR count). The lowest BCUT2D eigenvalue weighted by Crippen LogP contribution is -2.35. The molecule has 90 valence electrons. The number of aliphatic hydroxyl groups excluding tert-OH is 1. The van der Waals surface area contributed by atoms with Crippen LogP contribution < -0.4 is 4.72 Å². The number of hydrogen-bond donors (Lipinski definition) is 2. The lowest BCUT2D eigenvalue weighted by molar-refractivity contribution is -0.133. The summed E-state index contributed by atoms with van der Waals surface area (Å²) in [6, 6.07) is 9.33. The quantitative estimate of drug-likeness (QED) is 0.624. The number of Topliss-reactive ketones (excluding diaryl/α,β-unsaturated/α-hetero) is 1. The first kappa shape index (κ1) is 12.1. The third kappa shape index (κ3) is 2.87. The Balaban J connectivity index is 1.91. The van der Waals surface area contributed by atoms with Crippen molar-refractivity contribution in [2.24, 2.45) is 5.92 Å². The molecule has 1 aliphatic carbocycles. The largest absolute Gasteiger partial charge is 0.392 e. The number of aliphatic hydroxyl groups is 1. The van der Waals surface area contributed by atoms with Crippen molar-refractivity contribution in [3.63, 3.8) is 0 Å². The molecule has 4 nitrogen and oxygen atoms in total.